The Hall–Kier alpha value is -8.27. The fourth-order valence-corrected chi connectivity index (χ4v) is 14.4. The summed E-state index contributed by atoms with van der Waals surface area (Å²) in [6.45, 7) is 17.5. The number of fused-ring (bicyclic) bond motifs is 2. The zero-order valence-electron chi connectivity index (χ0n) is 53.0. The number of quaternary nitrogens is 1. The van der Waals surface area contributed by atoms with Crippen molar-refractivity contribution in [1.29, 1.82) is 0 Å². The molecule has 5 aliphatic heterocycles. The minimum Gasteiger partial charge on any atom is -0.545 e. The summed E-state index contributed by atoms with van der Waals surface area (Å²) in [7, 11) is 5.64. The Morgan fingerprint density at radius 2 is 1.54 bits per heavy atom. The molecule has 1 spiro atoms. The first-order valence-electron chi connectivity index (χ1n) is 30.9. The third-order valence-electron chi connectivity index (χ3n) is 17.8. The van der Waals surface area contributed by atoms with E-state index in [-0.39, 0.29) is 40.6 Å². The van der Waals surface area contributed by atoms with Crippen molar-refractivity contribution >= 4 is 52.5 Å². The maximum Gasteiger partial charge on any atom is 0.279 e. The summed E-state index contributed by atoms with van der Waals surface area (Å²) < 4.78 is 12.7. The summed E-state index contributed by atoms with van der Waals surface area (Å²) in [4.78, 5) is 63.3. The number of carboxylic acid groups (broad SMARTS) is 1. The molecule has 5 aromatic carbocycles. The van der Waals surface area contributed by atoms with Crippen LogP contribution in [0.4, 0.5) is 17.1 Å². The van der Waals surface area contributed by atoms with Gasteiger partial charge in [0, 0.05) is 72.8 Å². The van der Waals surface area contributed by atoms with E-state index in [1.807, 2.05) is 64.3 Å². The number of benzene rings is 5. The number of likely N-dealkylation sites (N-methyl/N-ethyl adjacent to an activating group) is 1. The fraction of sp³-hybridized carbons (Fsp3) is 0.400. The van der Waals surface area contributed by atoms with Gasteiger partial charge in [0.15, 0.2) is 12.4 Å². The first kappa shape index (κ1) is 67.7. The van der Waals surface area contributed by atoms with E-state index in [1.165, 1.54) is 67.4 Å². The maximum atomic E-state index is 13.2. The highest BCUT2D eigenvalue weighted by Crippen LogP contribution is 2.65. The van der Waals surface area contributed by atoms with E-state index in [9.17, 15) is 34.4 Å². The van der Waals surface area contributed by atoms with E-state index in [0.717, 1.165) is 83.2 Å². The predicted molar refractivity (Wildman–Crippen MR) is 352 cm³/mol. The Morgan fingerprint density at radius 1 is 0.878 bits per heavy atom. The minimum atomic E-state index is -1.13. The highest BCUT2D eigenvalue weighted by Gasteiger charge is 2.71. The van der Waals surface area contributed by atoms with Crippen LogP contribution in [0.25, 0.3) is 0 Å². The monoisotopic (exact) mass is 1250 g/mol. The number of furan rings is 1. The number of amides is 3. The Bertz CT molecular complexity index is 3450. The van der Waals surface area contributed by atoms with Gasteiger partial charge >= 0.3 is 0 Å². The van der Waals surface area contributed by atoms with Crippen molar-refractivity contribution in [2.45, 2.75) is 96.3 Å². The lowest BCUT2D eigenvalue weighted by Crippen LogP contribution is -2.69. The Balaban J connectivity index is 0.000000152. The first-order chi connectivity index (χ1) is 43.3. The van der Waals surface area contributed by atoms with Crippen LogP contribution in [0.15, 0.2) is 168 Å². The number of phenols is 1. The predicted octanol–water partition coefficient (Wildman–Crippen LogP) is 9.25. The van der Waals surface area contributed by atoms with Crippen molar-refractivity contribution < 1.29 is 48.0 Å². The molecule has 478 valence electrons. The molecule has 2 bridgehead atoms. The normalized spacial score (nSPS) is 20.5. The fourth-order valence-electron chi connectivity index (χ4n) is 13.7. The number of nitrogens with zero attached hydrogens (tertiary/aromatic N) is 5. The van der Waals surface area contributed by atoms with Gasteiger partial charge in [-0.2, -0.15) is 11.8 Å². The van der Waals surface area contributed by atoms with Crippen molar-refractivity contribution in [3.8, 4) is 5.75 Å². The molecule has 4 fully saturated rings. The number of thioether (sulfide) groups is 1. The molecule has 0 unspecified atom stereocenters. The molecular formula is C70H87N9O10S. The molecule has 90 heavy (non-hydrogen) atoms. The van der Waals surface area contributed by atoms with E-state index >= 15 is 0 Å². The Kier molecular flexibility index (Phi) is 23.6. The van der Waals surface area contributed by atoms with Gasteiger partial charge in [-0.3, -0.25) is 29.4 Å². The summed E-state index contributed by atoms with van der Waals surface area (Å²) >= 11 is 1.72. The molecule has 1 saturated carbocycles. The van der Waals surface area contributed by atoms with Crippen LogP contribution in [-0.4, -0.2) is 139 Å². The van der Waals surface area contributed by atoms with Crippen molar-refractivity contribution in [3.63, 3.8) is 0 Å². The van der Waals surface area contributed by atoms with Crippen LogP contribution in [0.2, 0.25) is 0 Å². The van der Waals surface area contributed by atoms with E-state index in [4.69, 9.17) is 14.3 Å². The number of hydrogen-bond acceptors (Lipinski definition) is 15. The molecule has 6 aliphatic rings. The van der Waals surface area contributed by atoms with Crippen LogP contribution >= 0.6 is 11.8 Å². The lowest BCUT2D eigenvalue weighted by atomic mass is 9.53. The molecule has 20 heteroatoms. The molecular weight excluding hydrogens is 1160 g/mol. The molecule has 5 N–H and O–H groups in total. The number of nitrogens with one attached hydrogen (secondary N) is 4. The van der Waals surface area contributed by atoms with E-state index in [1.54, 1.807) is 54.7 Å². The Labute approximate surface area is 533 Å². The average Bonchev–Trinajstić information content (AvgIpc) is 1.52. The van der Waals surface area contributed by atoms with Gasteiger partial charge in [0.1, 0.15) is 23.8 Å². The molecule has 3 saturated heterocycles. The number of aryl methyl sites for hydroxylation is 2. The van der Waals surface area contributed by atoms with Crippen molar-refractivity contribution in [1.82, 2.24) is 20.4 Å². The van der Waals surface area contributed by atoms with Gasteiger partial charge in [0.05, 0.1) is 61.5 Å². The molecule has 0 radical (unpaired) electrons. The number of anilines is 3. The van der Waals surface area contributed by atoms with Crippen LogP contribution in [-0.2, 0) is 43.4 Å². The summed E-state index contributed by atoms with van der Waals surface area (Å²) in [5.74, 6) is 4.34. The van der Waals surface area contributed by atoms with Gasteiger partial charge in [-0.15, -0.1) is 0 Å². The number of ether oxygens (including phenoxy) is 1. The van der Waals surface area contributed by atoms with Crippen LogP contribution < -0.4 is 31.3 Å². The smallest absolute Gasteiger partial charge is 0.279 e. The molecule has 1 aliphatic carbocycles. The molecule has 6 heterocycles. The second-order valence-corrected chi connectivity index (χ2v) is 25.0. The Morgan fingerprint density at radius 3 is 2.18 bits per heavy atom. The lowest BCUT2D eigenvalue weighted by Gasteiger charge is -2.58. The number of carbonyl (C=O) groups excluding carboxylic acids is 4. The third kappa shape index (κ3) is 16.8. The molecule has 19 nitrogen and oxygen atoms in total. The van der Waals surface area contributed by atoms with Crippen LogP contribution in [0, 0.1) is 35.8 Å². The second-order valence-electron chi connectivity index (χ2n) is 23.9. The number of aromatic hydroxyl groups is 1. The average molecular weight is 1250 g/mol. The van der Waals surface area contributed by atoms with Crippen molar-refractivity contribution in [2.24, 2.45) is 11.8 Å². The zero-order valence-corrected chi connectivity index (χ0v) is 53.8. The molecule has 6 atom stereocenters. The van der Waals surface area contributed by atoms with Crippen LogP contribution in [0.1, 0.15) is 84.2 Å². The van der Waals surface area contributed by atoms with E-state index in [2.05, 4.69) is 104 Å². The number of carboxylic acids is 1. The van der Waals surface area contributed by atoms with Gasteiger partial charge in [-0.1, -0.05) is 109 Å². The number of carbonyl (C=O) groups is 4. The lowest BCUT2D eigenvalue weighted by molar-refractivity contribution is -0.930. The van der Waals surface area contributed by atoms with Gasteiger partial charge in [0.2, 0.25) is 11.8 Å². The summed E-state index contributed by atoms with van der Waals surface area (Å²) in [5, 5.41) is 40.7. The topological polar surface area (TPSA) is 235 Å². The molecule has 12 rings (SSSR count). The number of phenolic OH excluding ortho intramolecular Hbond substituents is 1. The number of para-hydroxylation sites is 2. The number of nitro groups is 1. The highest BCUT2D eigenvalue weighted by molar-refractivity contribution is 7.98. The second kappa shape index (κ2) is 31.5. The third-order valence-corrected chi connectivity index (χ3v) is 18.8. The maximum absolute atomic E-state index is 13.2. The van der Waals surface area contributed by atoms with Crippen LogP contribution in [0.3, 0.4) is 0 Å². The quantitative estimate of drug-likeness (QED) is 0.0127. The summed E-state index contributed by atoms with van der Waals surface area (Å²) in [6, 6.07) is 44.5. The van der Waals surface area contributed by atoms with Gasteiger partial charge in [-0.05, 0) is 132 Å². The number of aromatic carboxylic acids is 1. The van der Waals surface area contributed by atoms with Crippen molar-refractivity contribution in [2.75, 3.05) is 88.3 Å². The number of hydrogen-bond donors (Lipinski definition) is 5. The van der Waals surface area contributed by atoms with Gasteiger partial charge in [0.25, 0.3) is 12.1 Å². The molecule has 6 aromatic rings. The molecule has 1 aromatic heterocycles. The highest BCUT2D eigenvalue weighted by atomic mass is 32.2. The van der Waals surface area contributed by atoms with Crippen molar-refractivity contribution in [3.05, 3.63) is 213 Å². The summed E-state index contributed by atoms with van der Waals surface area (Å²) in [6.07, 6.45) is 6.35. The first-order valence-corrected chi connectivity index (χ1v) is 32.0. The summed E-state index contributed by atoms with van der Waals surface area (Å²) in [5.41, 5.74) is 9.71. The number of piperidine rings is 2. The minimum absolute atomic E-state index is 0.0898. The van der Waals surface area contributed by atoms with E-state index in [0.29, 0.717) is 61.5 Å². The van der Waals surface area contributed by atoms with Gasteiger partial charge < -0.3 is 59.7 Å². The van der Waals surface area contributed by atoms with E-state index < -0.39 is 10.9 Å². The van der Waals surface area contributed by atoms with Crippen LogP contribution in [0.5, 0.6) is 5.75 Å². The van der Waals surface area contributed by atoms with Gasteiger partial charge in [-0.25, -0.2) is 0 Å². The largest absolute Gasteiger partial charge is 0.545 e. The molecule has 3 amide bonds. The zero-order chi connectivity index (χ0) is 64.5. The SMILES string of the molecule is CC(=O)Nc1ccc(O)cc1.CC[N+](CC)(CC(=O)Nc1c(C)cccc1C)Cc1ccccc1.CN/C(=C\[N+](=O)[O-])NCCSCc1ccc(CN(C)C)o1.O=C([O-])c1ccccc1.O=C1C[C@@H]2OCC=C3CN4CC[C@]56c7ccccc7N1[C@H]5[C@H]2[C@H]3C[C@H]46. The number of rotatable bonds is 19. The standard InChI is InChI=1S/C21H22N2O2.C21H28N2O.C13H22N4O3S.C8H9NO2.C7H6O2/c24-18-10-16-19-13-9-17-21(6-7-22(17)11-12(13)5-8-25-16)14-3-1-2-4-15(14)23(18)20(19)21;1-5-23(6-2,15-19-13-8-7-9-14-19)16-20(24)22-21-17(3)11-10-12-18(21)4;1-14-13(9-17(18)19)15-6-7-21-10-12-5-4-11(20-12)8-16(2)3;1-6(10)9-7-2-4-8(11)5-3-7;8-7(9)6-4-2-1-3-5-6/h1-5,13,16-17,19-20H,6-11H2;7-14H,5-6,15-16H2,1-4H3;4-5,9,14-15H,6-8,10H2,1-3H3;2-5,11H,1H3,(H,9,10);1-5H,(H,8,9)/b;;13-9+;;/t13-,16-,17-,19-,20-,21+;;;;/m0..../s1.